The number of hydrogen-bond donors (Lipinski definition) is 2. The molecule has 3 N–H and O–H groups in total. The number of halogens is 3. The van der Waals surface area contributed by atoms with Crippen molar-refractivity contribution < 1.29 is 18.0 Å². The predicted octanol–water partition coefficient (Wildman–Crippen LogP) is 2.22. The largest absolute Gasteiger partial charge is 0.415 e. The Balaban J connectivity index is 2.86. The molecule has 0 bridgehead atoms. The van der Waals surface area contributed by atoms with Gasteiger partial charge in [-0.3, -0.25) is 4.79 Å². The van der Waals surface area contributed by atoms with Crippen molar-refractivity contribution in [1.82, 2.24) is 10.3 Å². The maximum absolute atomic E-state index is 12.6. The van der Waals surface area contributed by atoms with Crippen molar-refractivity contribution in [3.8, 4) is 0 Å². The smallest absolute Gasteiger partial charge is 0.347 e. The molecule has 1 amide bonds. The topological polar surface area (TPSA) is 68.0 Å². The zero-order valence-corrected chi connectivity index (χ0v) is 11.9. The fourth-order valence-electron chi connectivity index (χ4n) is 1.49. The zero-order chi connectivity index (χ0) is 15.0. The van der Waals surface area contributed by atoms with Crippen LogP contribution in [0.2, 0.25) is 0 Å². The molecular formula is C11H16F3N3OS. The van der Waals surface area contributed by atoms with Crippen LogP contribution in [0.15, 0.2) is 0 Å². The van der Waals surface area contributed by atoms with Crippen LogP contribution in [-0.4, -0.2) is 22.6 Å². The Morgan fingerprint density at radius 2 is 1.95 bits per heavy atom. The molecule has 2 unspecified atom stereocenters. The minimum Gasteiger partial charge on any atom is -0.347 e. The first-order chi connectivity index (χ1) is 8.46. The van der Waals surface area contributed by atoms with Gasteiger partial charge in [-0.2, -0.15) is 13.2 Å². The maximum atomic E-state index is 12.6. The first-order valence-electron chi connectivity index (χ1n) is 5.57. The van der Waals surface area contributed by atoms with Crippen molar-refractivity contribution in [1.29, 1.82) is 0 Å². The summed E-state index contributed by atoms with van der Waals surface area (Å²) < 4.78 is 37.9. The maximum Gasteiger partial charge on any atom is 0.415 e. The molecule has 0 radical (unpaired) electrons. The van der Waals surface area contributed by atoms with Gasteiger partial charge in [0.05, 0.1) is 16.7 Å². The van der Waals surface area contributed by atoms with E-state index in [4.69, 9.17) is 5.73 Å². The summed E-state index contributed by atoms with van der Waals surface area (Å²) in [6.07, 6.45) is -4.80. The number of rotatable bonds is 3. The highest BCUT2D eigenvalue weighted by atomic mass is 32.1. The summed E-state index contributed by atoms with van der Waals surface area (Å²) in [6, 6.07) is -0.566. The average molecular weight is 295 g/mol. The number of amides is 1. The Kier molecular flexibility index (Phi) is 4.26. The lowest BCUT2D eigenvalue weighted by Gasteiger charge is -2.27. The van der Waals surface area contributed by atoms with E-state index in [0.29, 0.717) is 12.6 Å². The van der Waals surface area contributed by atoms with Crippen molar-refractivity contribution in [2.24, 2.45) is 5.73 Å². The zero-order valence-electron chi connectivity index (χ0n) is 11.1. The van der Waals surface area contributed by atoms with Gasteiger partial charge in [-0.1, -0.05) is 0 Å². The summed E-state index contributed by atoms with van der Waals surface area (Å²) in [6.45, 7) is 5.79. The van der Waals surface area contributed by atoms with E-state index in [9.17, 15) is 18.0 Å². The van der Waals surface area contributed by atoms with E-state index in [-0.39, 0.29) is 0 Å². The van der Waals surface area contributed by atoms with E-state index in [1.54, 1.807) is 20.8 Å². The molecule has 0 aromatic carbocycles. The Morgan fingerprint density at radius 1 is 1.42 bits per heavy atom. The normalized spacial score (nSPS) is 16.8. The molecule has 1 heterocycles. The van der Waals surface area contributed by atoms with E-state index in [2.05, 4.69) is 10.3 Å². The van der Waals surface area contributed by atoms with Crippen LogP contribution in [0.25, 0.3) is 0 Å². The van der Waals surface area contributed by atoms with E-state index < -0.39 is 23.7 Å². The van der Waals surface area contributed by atoms with Crippen LogP contribution in [0.4, 0.5) is 13.2 Å². The van der Waals surface area contributed by atoms with Crippen LogP contribution < -0.4 is 11.1 Å². The van der Waals surface area contributed by atoms with E-state index in [0.717, 1.165) is 9.88 Å². The van der Waals surface area contributed by atoms with Crippen molar-refractivity contribution in [3.63, 3.8) is 0 Å². The van der Waals surface area contributed by atoms with Crippen LogP contribution in [-0.2, 0) is 4.79 Å². The summed E-state index contributed by atoms with van der Waals surface area (Å²) in [5, 5.41) is 3.08. The first-order valence-corrected chi connectivity index (χ1v) is 6.39. The summed E-state index contributed by atoms with van der Waals surface area (Å²) in [5.41, 5.74) is 2.85. The van der Waals surface area contributed by atoms with Crippen LogP contribution in [0.3, 0.4) is 0 Å². The van der Waals surface area contributed by atoms with Crippen LogP contribution in [0.1, 0.15) is 35.5 Å². The number of aryl methyl sites for hydroxylation is 2. The van der Waals surface area contributed by atoms with Gasteiger partial charge in [0.25, 0.3) is 0 Å². The molecule has 4 nitrogen and oxygen atoms in total. The molecule has 0 fully saturated rings. The Hall–Kier alpha value is -1.15. The van der Waals surface area contributed by atoms with Crippen LogP contribution >= 0.6 is 11.3 Å². The van der Waals surface area contributed by atoms with E-state index in [1.165, 1.54) is 11.3 Å². The lowest BCUT2D eigenvalue weighted by atomic mass is 10.0. The second-order valence-electron chi connectivity index (χ2n) is 4.58. The van der Waals surface area contributed by atoms with Gasteiger partial charge in [0.2, 0.25) is 5.91 Å². The van der Waals surface area contributed by atoms with Gasteiger partial charge in [-0.25, -0.2) is 4.98 Å². The highest BCUT2D eigenvalue weighted by molar-refractivity contribution is 7.11. The molecule has 2 atom stereocenters. The van der Waals surface area contributed by atoms with Gasteiger partial charge in [0.1, 0.15) is 0 Å². The monoisotopic (exact) mass is 295 g/mol. The molecule has 1 rings (SSSR count). The van der Waals surface area contributed by atoms with Crippen molar-refractivity contribution >= 4 is 17.2 Å². The molecular weight excluding hydrogens is 279 g/mol. The standard InChI is InChI=1S/C11H16F3N3OS/c1-5-8(19-7(3)16-5)6(2)17-9(18)10(4,15)11(12,13)14/h6H,15H2,1-4H3,(H,17,18). The average Bonchev–Trinajstić information content (AvgIpc) is 2.55. The molecule has 1 aromatic heterocycles. The highest BCUT2D eigenvalue weighted by Crippen LogP contribution is 2.30. The quantitative estimate of drug-likeness (QED) is 0.898. The summed E-state index contributed by atoms with van der Waals surface area (Å²) in [7, 11) is 0. The second kappa shape index (κ2) is 5.09. The number of carbonyl (C=O) groups excluding carboxylic acids is 1. The Bertz CT molecular complexity index is 482. The molecule has 8 heteroatoms. The number of nitrogens with zero attached hydrogens (tertiary/aromatic N) is 1. The molecule has 108 valence electrons. The molecule has 0 aliphatic heterocycles. The SMILES string of the molecule is Cc1nc(C)c(C(C)NC(=O)C(C)(N)C(F)(F)F)s1. The number of hydrogen-bond acceptors (Lipinski definition) is 4. The minimum atomic E-state index is -4.80. The minimum absolute atomic E-state index is 0.566. The first kappa shape index (κ1) is 15.9. The molecule has 0 saturated carbocycles. The van der Waals surface area contributed by atoms with Gasteiger partial charge >= 0.3 is 6.18 Å². The lowest BCUT2D eigenvalue weighted by Crippen LogP contribution is -2.61. The highest BCUT2D eigenvalue weighted by Gasteiger charge is 2.54. The van der Waals surface area contributed by atoms with Gasteiger partial charge in [0, 0.05) is 4.88 Å². The van der Waals surface area contributed by atoms with Gasteiger partial charge in [-0.05, 0) is 27.7 Å². The summed E-state index contributed by atoms with van der Waals surface area (Å²) in [4.78, 5) is 16.5. The fraction of sp³-hybridized carbons (Fsp3) is 0.636. The van der Waals surface area contributed by atoms with Crippen LogP contribution in [0, 0.1) is 13.8 Å². The van der Waals surface area contributed by atoms with Gasteiger partial charge in [0.15, 0.2) is 5.54 Å². The van der Waals surface area contributed by atoms with E-state index >= 15 is 0 Å². The molecule has 0 saturated heterocycles. The summed E-state index contributed by atoms with van der Waals surface area (Å²) >= 11 is 1.33. The van der Waals surface area contributed by atoms with Crippen molar-refractivity contribution in [2.45, 2.75) is 45.5 Å². The number of carbonyl (C=O) groups is 1. The molecule has 1 aromatic rings. The Labute approximate surface area is 113 Å². The third-order valence-corrected chi connectivity index (χ3v) is 4.00. The van der Waals surface area contributed by atoms with E-state index in [1.807, 2.05) is 0 Å². The van der Waals surface area contributed by atoms with Gasteiger partial charge in [-0.15, -0.1) is 11.3 Å². The number of nitrogens with two attached hydrogens (primary N) is 1. The number of nitrogens with one attached hydrogen (secondary N) is 1. The second-order valence-corrected chi connectivity index (χ2v) is 5.81. The molecule has 19 heavy (non-hydrogen) atoms. The third kappa shape index (κ3) is 3.24. The molecule has 0 aliphatic carbocycles. The van der Waals surface area contributed by atoms with Crippen molar-refractivity contribution in [3.05, 3.63) is 15.6 Å². The third-order valence-electron chi connectivity index (χ3n) is 2.74. The number of alkyl halides is 3. The molecule has 0 spiro atoms. The number of aromatic nitrogens is 1. The number of thiazole rings is 1. The summed E-state index contributed by atoms with van der Waals surface area (Å²) in [5.74, 6) is -1.25. The molecule has 0 aliphatic rings. The van der Waals surface area contributed by atoms with Crippen LogP contribution in [0.5, 0.6) is 0 Å². The Morgan fingerprint density at radius 3 is 2.32 bits per heavy atom. The van der Waals surface area contributed by atoms with Crippen molar-refractivity contribution in [2.75, 3.05) is 0 Å². The lowest BCUT2D eigenvalue weighted by molar-refractivity contribution is -0.187. The fourth-order valence-corrected chi connectivity index (χ4v) is 2.42. The predicted molar refractivity (Wildman–Crippen MR) is 66.8 cm³/mol. The van der Waals surface area contributed by atoms with Gasteiger partial charge < -0.3 is 11.1 Å².